The van der Waals surface area contributed by atoms with Gasteiger partial charge in [0.2, 0.25) is 0 Å². The Kier molecular flexibility index (Phi) is 5.31. The summed E-state index contributed by atoms with van der Waals surface area (Å²) in [5.41, 5.74) is 1.22. The maximum Gasteiger partial charge on any atom is 0.161 e. The van der Waals surface area contributed by atoms with Crippen LogP contribution in [0.2, 0.25) is 0 Å². The fourth-order valence-electron chi connectivity index (χ4n) is 2.38. The first-order chi connectivity index (χ1) is 8.92. The summed E-state index contributed by atoms with van der Waals surface area (Å²) >= 11 is 0. The average Bonchev–Trinajstić information content (AvgIpc) is 2.92. The van der Waals surface area contributed by atoms with Crippen LogP contribution in [0.4, 0.5) is 0 Å². The molecule has 0 amide bonds. The van der Waals surface area contributed by atoms with Gasteiger partial charge in [-0.15, -0.1) is 12.4 Å². The second kappa shape index (κ2) is 6.98. The highest BCUT2D eigenvalue weighted by atomic mass is 35.5. The Labute approximate surface area is 119 Å². The smallest absolute Gasteiger partial charge is 0.161 e. The van der Waals surface area contributed by atoms with Crippen LogP contribution in [0, 0.1) is 0 Å². The molecule has 2 aliphatic heterocycles. The lowest BCUT2D eigenvalue weighted by atomic mass is 10.2. The second-order valence-electron chi connectivity index (χ2n) is 4.74. The van der Waals surface area contributed by atoms with Gasteiger partial charge in [-0.05, 0) is 30.5 Å². The van der Waals surface area contributed by atoms with Crippen molar-refractivity contribution >= 4 is 12.4 Å². The van der Waals surface area contributed by atoms with Crippen LogP contribution in [0.15, 0.2) is 18.2 Å². The standard InChI is InChI=1S/C14H19NO3.ClH/c1-2-12(16-5-1)10-15-9-11-3-4-13-14(8-11)18-7-6-17-13;/h3-4,8,12,15H,1-2,5-7,9-10H2;1H. The summed E-state index contributed by atoms with van der Waals surface area (Å²) in [4.78, 5) is 0. The van der Waals surface area contributed by atoms with Gasteiger partial charge in [-0.2, -0.15) is 0 Å². The number of hydrogen-bond donors (Lipinski definition) is 1. The van der Waals surface area contributed by atoms with Gasteiger partial charge in [-0.25, -0.2) is 0 Å². The van der Waals surface area contributed by atoms with E-state index < -0.39 is 0 Å². The van der Waals surface area contributed by atoms with Gasteiger partial charge >= 0.3 is 0 Å². The van der Waals surface area contributed by atoms with Crippen molar-refractivity contribution in [2.24, 2.45) is 0 Å². The van der Waals surface area contributed by atoms with Crippen LogP contribution in [-0.4, -0.2) is 32.5 Å². The molecule has 19 heavy (non-hydrogen) atoms. The quantitative estimate of drug-likeness (QED) is 0.920. The van der Waals surface area contributed by atoms with Crippen molar-refractivity contribution in [2.75, 3.05) is 26.4 Å². The number of rotatable bonds is 4. The topological polar surface area (TPSA) is 39.7 Å². The van der Waals surface area contributed by atoms with Gasteiger partial charge in [-0.3, -0.25) is 0 Å². The summed E-state index contributed by atoms with van der Waals surface area (Å²) in [6.45, 7) is 3.96. The van der Waals surface area contributed by atoms with Gasteiger partial charge in [0.25, 0.3) is 0 Å². The average molecular weight is 286 g/mol. The van der Waals surface area contributed by atoms with Crippen molar-refractivity contribution < 1.29 is 14.2 Å². The molecular formula is C14H20ClNO3. The molecule has 1 fully saturated rings. The molecule has 1 aromatic carbocycles. The Balaban J connectivity index is 0.00000133. The molecule has 0 bridgehead atoms. The van der Waals surface area contributed by atoms with Gasteiger partial charge in [0.05, 0.1) is 6.10 Å². The van der Waals surface area contributed by atoms with Gasteiger partial charge in [-0.1, -0.05) is 6.07 Å². The molecule has 2 aliphatic rings. The zero-order valence-electron chi connectivity index (χ0n) is 10.9. The van der Waals surface area contributed by atoms with Crippen LogP contribution < -0.4 is 14.8 Å². The van der Waals surface area contributed by atoms with Crippen LogP contribution in [0.3, 0.4) is 0 Å². The highest BCUT2D eigenvalue weighted by Gasteiger charge is 2.15. The summed E-state index contributed by atoms with van der Waals surface area (Å²) in [5, 5.41) is 3.43. The van der Waals surface area contributed by atoms with Gasteiger partial charge in [0, 0.05) is 19.7 Å². The minimum absolute atomic E-state index is 0. The molecule has 2 heterocycles. The summed E-state index contributed by atoms with van der Waals surface area (Å²) in [5.74, 6) is 1.71. The number of hydrogen-bond acceptors (Lipinski definition) is 4. The Morgan fingerprint density at radius 2 is 1.95 bits per heavy atom. The minimum Gasteiger partial charge on any atom is -0.486 e. The van der Waals surface area contributed by atoms with E-state index in [9.17, 15) is 0 Å². The molecular weight excluding hydrogens is 266 g/mol. The number of nitrogens with one attached hydrogen (secondary N) is 1. The monoisotopic (exact) mass is 285 g/mol. The third-order valence-corrected chi connectivity index (χ3v) is 3.33. The number of benzene rings is 1. The highest BCUT2D eigenvalue weighted by molar-refractivity contribution is 5.85. The lowest BCUT2D eigenvalue weighted by Crippen LogP contribution is -2.25. The van der Waals surface area contributed by atoms with E-state index in [0.29, 0.717) is 19.3 Å². The van der Waals surface area contributed by atoms with Crippen molar-refractivity contribution in [2.45, 2.75) is 25.5 Å². The Bertz CT molecular complexity index is 408. The predicted octanol–water partition coefficient (Wildman–Crippen LogP) is 2.15. The Morgan fingerprint density at radius 1 is 1.11 bits per heavy atom. The van der Waals surface area contributed by atoms with E-state index in [1.165, 1.54) is 18.4 Å². The molecule has 0 aliphatic carbocycles. The van der Waals surface area contributed by atoms with E-state index in [2.05, 4.69) is 17.4 Å². The molecule has 1 unspecified atom stereocenters. The number of halogens is 1. The minimum atomic E-state index is 0. The van der Waals surface area contributed by atoms with Crippen LogP contribution >= 0.6 is 12.4 Å². The van der Waals surface area contributed by atoms with E-state index in [0.717, 1.165) is 31.2 Å². The zero-order valence-corrected chi connectivity index (χ0v) is 11.7. The molecule has 0 radical (unpaired) electrons. The van der Waals surface area contributed by atoms with Crippen molar-refractivity contribution in [1.29, 1.82) is 0 Å². The molecule has 1 saturated heterocycles. The first-order valence-electron chi connectivity index (χ1n) is 6.63. The second-order valence-corrected chi connectivity index (χ2v) is 4.74. The lowest BCUT2D eigenvalue weighted by Gasteiger charge is -2.19. The molecule has 106 valence electrons. The Hall–Kier alpha value is -0.970. The first-order valence-corrected chi connectivity index (χ1v) is 6.63. The van der Waals surface area contributed by atoms with E-state index in [1.807, 2.05) is 6.07 Å². The summed E-state index contributed by atoms with van der Waals surface area (Å²) in [6.07, 6.45) is 2.76. The molecule has 3 rings (SSSR count). The maximum absolute atomic E-state index is 5.57. The van der Waals surface area contributed by atoms with Crippen LogP contribution in [0.1, 0.15) is 18.4 Å². The molecule has 0 spiro atoms. The molecule has 5 heteroatoms. The highest BCUT2D eigenvalue weighted by Crippen LogP contribution is 2.30. The normalized spacial score (nSPS) is 20.9. The molecule has 1 aromatic rings. The van der Waals surface area contributed by atoms with Gasteiger partial charge in [0.15, 0.2) is 11.5 Å². The molecule has 4 nitrogen and oxygen atoms in total. The summed E-state index contributed by atoms with van der Waals surface area (Å²) in [6, 6.07) is 6.12. The van der Waals surface area contributed by atoms with E-state index in [1.54, 1.807) is 0 Å². The first kappa shape index (κ1) is 14.4. The van der Waals surface area contributed by atoms with Crippen molar-refractivity contribution in [3.05, 3.63) is 23.8 Å². The fourth-order valence-corrected chi connectivity index (χ4v) is 2.38. The molecule has 1 atom stereocenters. The van der Waals surface area contributed by atoms with Crippen LogP contribution in [0.25, 0.3) is 0 Å². The van der Waals surface area contributed by atoms with Crippen LogP contribution in [0.5, 0.6) is 11.5 Å². The van der Waals surface area contributed by atoms with Crippen molar-refractivity contribution in [3.8, 4) is 11.5 Å². The van der Waals surface area contributed by atoms with Gasteiger partial charge < -0.3 is 19.5 Å². The Morgan fingerprint density at radius 3 is 2.74 bits per heavy atom. The molecule has 0 saturated carbocycles. The fraction of sp³-hybridized carbons (Fsp3) is 0.571. The predicted molar refractivity (Wildman–Crippen MR) is 75.4 cm³/mol. The van der Waals surface area contributed by atoms with Crippen molar-refractivity contribution in [3.63, 3.8) is 0 Å². The SMILES string of the molecule is Cl.c1cc2c(cc1CNCC1CCCO1)OCCO2. The summed E-state index contributed by atoms with van der Waals surface area (Å²) in [7, 11) is 0. The largest absolute Gasteiger partial charge is 0.486 e. The summed E-state index contributed by atoms with van der Waals surface area (Å²) < 4.78 is 16.6. The number of fused-ring (bicyclic) bond motifs is 1. The van der Waals surface area contributed by atoms with Crippen LogP contribution in [-0.2, 0) is 11.3 Å². The van der Waals surface area contributed by atoms with E-state index >= 15 is 0 Å². The van der Waals surface area contributed by atoms with E-state index in [4.69, 9.17) is 14.2 Å². The molecule has 0 aromatic heterocycles. The molecule has 1 N–H and O–H groups in total. The number of ether oxygens (including phenoxy) is 3. The third kappa shape index (κ3) is 3.75. The zero-order chi connectivity index (χ0) is 12.2. The lowest BCUT2D eigenvalue weighted by molar-refractivity contribution is 0.110. The van der Waals surface area contributed by atoms with Gasteiger partial charge in [0.1, 0.15) is 13.2 Å². The third-order valence-electron chi connectivity index (χ3n) is 3.33. The van der Waals surface area contributed by atoms with Crippen molar-refractivity contribution in [1.82, 2.24) is 5.32 Å². The van der Waals surface area contributed by atoms with E-state index in [-0.39, 0.29) is 12.4 Å². The maximum atomic E-state index is 5.57.